The van der Waals surface area contributed by atoms with Gasteiger partial charge in [-0.15, -0.1) is 0 Å². The number of amides is 2. The molecular weight excluding hydrogens is 338 g/mol. The van der Waals surface area contributed by atoms with Crippen LogP contribution in [0.3, 0.4) is 0 Å². The maximum Gasteiger partial charge on any atom is 0.317 e. The maximum absolute atomic E-state index is 12.5. The van der Waals surface area contributed by atoms with Gasteiger partial charge in [-0.2, -0.15) is 0 Å². The highest BCUT2D eigenvalue weighted by molar-refractivity contribution is 5.74. The van der Waals surface area contributed by atoms with E-state index in [9.17, 15) is 9.90 Å². The fourth-order valence-corrected chi connectivity index (χ4v) is 4.06. The summed E-state index contributed by atoms with van der Waals surface area (Å²) >= 11 is 0. The van der Waals surface area contributed by atoms with Crippen molar-refractivity contribution in [3.8, 4) is 0 Å². The normalized spacial score (nSPS) is 17.7. The number of carbonyl (C=O) groups is 1. The van der Waals surface area contributed by atoms with Crippen LogP contribution in [-0.2, 0) is 25.9 Å². The van der Waals surface area contributed by atoms with Gasteiger partial charge in [-0.3, -0.25) is 4.90 Å². The average Bonchev–Trinajstić information content (AvgIpc) is 2.71. The summed E-state index contributed by atoms with van der Waals surface area (Å²) in [5.74, 6) is 0. The molecule has 0 aromatic heterocycles. The molecule has 0 bridgehead atoms. The monoisotopic (exact) mass is 365 g/mol. The van der Waals surface area contributed by atoms with Crippen LogP contribution in [0.5, 0.6) is 0 Å². The fraction of sp³-hybridized carbons (Fsp3) is 0.409. The number of aliphatic hydroxyl groups excluding tert-OH is 1. The highest BCUT2D eigenvalue weighted by atomic mass is 16.3. The summed E-state index contributed by atoms with van der Waals surface area (Å²) in [5.41, 5.74) is 5.28. The molecule has 0 spiro atoms. The van der Waals surface area contributed by atoms with Crippen molar-refractivity contribution in [1.82, 2.24) is 15.1 Å². The third-order valence-corrected chi connectivity index (χ3v) is 5.59. The van der Waals surface area contributed by atoms with Crippen molar-refractivity contribution >= 4 is 6.03 Å². The molecule has 1 atom stereocenters. The number of fused-ring (bicyclic) bond motifs is 2. The van der Waals surface area contributed by atoms with Crippen molar-refractivity contribution in [2.75, 3.05) is 26.2 Å². The van der Waals surface area contributed by atoms with Crippen molar-refractivity contribution in [3.63, 3.8) is 0 Å². The number of urea groups is 1. The fourth-order valence-electron chi connectivity index (χ4n) is 4.06. The van der Waals surface area contributed by atoms with E-state index in [-0.39, 0.29) is 12.6 Å². The number of carbonyl (C=O) groups excluding carboxylic acids is 1. The van der Waals surface area contributed by atoms with Crippen LogP contribution in [0.4, 0.5) is 4.79 Å². The van der Waals surface area contributed by atoms with Crippen LogP contribution in [0.1, 0.15) is 22.3 Å². The Morgan fingerprint density at radius 2 is 1.52 bits per heavy atom. The van der Waals surface area contributed by atoms with E-state index in [0.717, 1.165) is 32.5 Å². The molecule has 2 amide bonds. The Bertz CT molecular complexity index is 808. The van der Waals surface area contributed by atoms with Crippen LogP contribution in [0.15, 0.2) is 48.5 Å². The van der Waals surface area contributed by atoms with Crippen LogP contribution in [0, 0.1) is 0 Å². The van der Waals surface area contributed by atoms with Gasteiger partial charge in [-0.25, -0.2) is 4.79 Å². The Labute approximate surface area is 160 Å². The number of aliphatic hydroxyl groups is 1. The SMILES string of the molecule is O=C(NC[C@@H](O)CN1CCc2ccccc2C1)N1CCc2ccccc2C1. The third-order valence-electron chi connectivity index (χ3n) is 5.59. The number of hydrogen-bond donors (Lipinski definition) is 2. The molecule has 0 radical (unpaired) electrons. The summed E-state index contributed by atoms with van der Waals surface area (Å²) in [5, 5.41) is 13.3. The lowest BCUT2D eigenvalue weighted by atomic mass is 10.00. The van der Waals surface area contributed by atoms with E-state index in [1.54, 1.807) is 0 Å². The Morgan fingerprint density at radius 3 is 2.22 bits per heavy atom. The summed E-state index contributed by atoms with van der Waals surface area (Å²) < 4.78 is 0. The second kappa shape index (κ2) is 8.11. The summed E-state index contributed by atoms with van der Waals surface area (Å²) in [6.45, 7) is 4.05. The number of nitrogens with one attached hydrogen (secondary N) is 1. The molecule has 0 aliphatic carbocycles. The van der Waals surface area contributed by atoms with Crippen LogP contribution in [0.25, 0.3) is 0 Å². The number of nitrogens with zero attached hydrogens (tertiary/aromatic N) is 2. The zero-order chi connectivity index (χ0) is 18.6. The Morgan fingerprint density at radius 1 is 0.926 bits per heavy atom. The van der Waals surface area contributed by atoms with Gasteiger partial charge in [0.15, 0.2) is 0 Å². The molecule has 2 aromatic carbocycles. The number of rotatable bonds is 4. The van der Waals surface area contributed by atoms with Gasteiger partial charge in [0, 0.05) is 39.3 Å². The molecule has 0 saturated carbocycles. The average molecular weight is 365 g/mol. The van der Waals surface area contributed by atoms with Gasteiger partial charge in [0.2, 0.25) is 0 Å². The lowest BCUT2D eigenvalue weighted by Gasteiger charge is -2.31. The standard InChI is InChI=1S/C22H27N3O2/c26-21(16-24-11-9-17-5-1-3-7-19(17)14-24)13-23-22(27)25-12-10-18-6-2-4-8-20(18)15-25/h1-8,21,26H,9-16H2,(H,23,27)/t21-/m1/s1. The molecule has 2 aromatic rings. The minimum Gasteiger partial charge on any atom is -0.390 e. The minimum atomic E-state index is -0.559. The number of benzene rings is 2. The molecule has 2 aliphatic heterocycles. The van der Waals surface area contributed by atoms with Gasteiger partial charge in [0.1, 0.15) is 0 Å². The van der Waals surface area contributed by atoms with E-state index in [1.165, 1.54) is 22.3 Å². The Hall–Kier alpha value is -2.37. The van der Waals surface area contributed by atoms with Crippen molar-refractivity contribution < 1.29 is 9.90 Å². The summed E-state index contributed by atoms with van der Waals surface area (Å²) in [4.78, 5) is 16.5. The first-order chi connectivity index (χ1) is 13.2. The first-order valence-corrected chi connectivity index (χ1v) is 9.76. The van der Waals surface area contributed by atoms with Crippen molar-refractivity contribution in [1.29, 1.82) is 0 Å². The van der Waals surface area contributed by atoms with Gasteiger partial charge >= 0.3 is 6.03 Å². The molecule has 2 heterocycles. The second-order valence-corrected chi connectivity index (χ2v) is 7.53. The first-order valence-electron chi connectivity index (χ1n) is 9.76. The summed E-state index contributed by atoms with van der Waals surface area (Å²) in [6.07, 6.45) is 1.35. The molecule has 27 heavy (non-hydrogen) atoms. The smallest absolute Gasteiger partial charge is 0.317 e. The number of hydrogen-bond acceptors (Lipinski definition) is 3. The minimum absolute atomic E-state index is 0.0902. The lowest BCUT2D eigenvalue weighted by molar-refractivity contribution is 0.103. The lowest BCUT2D eigenvalue weighted by Crippen LogP contribution is -2.47. The molecule has 2 N–H and O–H groups in total. The molecule has 2 aliphatic rings. The van der Waals surface area contributed by atoms with E-state index >= 15 is 0 Å². The van der Waals surface area contributed by atoms with Gasteiger partial charge in [-0.05, 0) is 35.1 Å². The molecule has 0 fully saturated rings. The van der Waals surface area contributed by atoms with E-state index in [0.29, 0.717) is 13.1 Å². The molecule has 5 heteroatoms. The molecular formula is C22H27N3O2. The summed E-state index contributed by atoms with van der Waals surface area (Å²) in [7, 11) is 0. The van der Waals surface area contributed by atoms with Crippen LogP contribution < -0.4 is 5.32 Å². The van der Waals surface area contributed by atoms with E-state index in [4.69, 9.17) is 0 Å². The highest BCUT2D eigenvalue weighted by Gasteiger charge is 2.22. The maximum atomic E-state index is 12.5. The van der Waals surface area contributed by atoms with Crippen molar-refractivity contribution in [2.45, 2.75) is 32.0 Å². The van der Waals surface area contributed by atoms with Crippen LogP contribution in [0.2, 0.25) is 0 Å². The van der Waals surface area contributed by atoms with Crippen LogP contribution >= 0.6 is 0 Å². The van der Waals surface area contributed by atoms with Gasteiger partial charge < -0.3 is 15.3 Å². The molecule has 4 rings (SSSR count). The zero-order valence-electron chi connectivity index (χ0n) is 15.6. The number of β-amino-alcohol motifs (C(OH)–C–C–N with tert-alkyl or cyclic N) is 1. The van der Waals surface area contributed by atoms with Gasteiger partial charge in [0.25, 0.3) is 0 Å². The van der Waals surface area contributed by atoms with Crippen molar-refractivity contribution in [2.24, 2.45) is 0 Å². The largest absolute Gasteiger partial charge is 0.390 e. The molecule has 5 nitrogen and oxygen atoms in total. The summed E-state index contributed by atoms with van der Waals surface area (Å²) in [6, 6.07) is 16.7. The van der Waals surface area contributed by atoms with E-state index in [1.807, 2.05) is 17.0 Å². The second-order valence-electron chi connectivity index (χ2n) is 7.53. The predicted octanol–water partition coefficient (Wildman–Crippen LogP) is 2.17. The molecule has 0 unspecified atom stereocenters. The Balaban J connectivity index is 1.24. The predicted molar refractivity (Wildman–Crippen MR) is 105 cm³/mol. The highest BCUT2D eigenvalue weighted by Crippen LogP contribution is 2.19. The molecule has 142 valence electrons. The van der Waals surface area contributed by atoms with E-state index < -0.39 is 6.10 Å². The van der Waals surface area contributed by atoms with Gasteiger partial charge in [0.05, 0.1) is 6.10 Å². The van der Waals surface area contributed by atoms with Crippen LogP contribution in [-0.4, -0.2) is 53.2 Å². The zero-order valence-corrected chi connectivity index (χ0v) is 15.6. The van der Waals surface area contributed by atoms with E-state index in [2.05, 4.69) is 46.6 Å². The molecule has 0 saturated heterocycles. The van der Waals surface area contributed by atoms with Gasteiger partial charge in [-0.1, -0.05) is 48.5 Å². The Kier molecular flexibility index (Phi) is 5.41. The first kappa shape index (κ1) is 18.0. The topological polar surface area (TPSA) is 55.8 Å². The quantitative estimate of drug-likeness (QED) is 0.873. The van der Waals surface area contributed by atoms with Crippen molar-refractivity contribution in [3.05, 3.63) is 70.8 Å². The third kappa shape index (κ3) is 4.31.